The molecule has 2 N–H and O–H groups in total. The third kappa shape index (κ3) is 5.62. The van der Waals surface area contributed by atoms with E-state index in [2.05, 4.69) is 213 Å². The lowest BCUT2D eigenvalue weighted by Crippen LogP contribution is -2.39. The number of rotatable bonds is 7. The van der Waals surface area contributed by atoms with Crippen molar-refractivity contribution in [3.8, 4) is 11.1 Å². The van der Waals surface area contributed by atoms with E-state index >= 15 is 0 Å². The van der Waals surface area contributed by atoms with Gasteiger partial charge in [-0.25, -0.2) is 4.99 Å². The van der Waals surface area contributed by atoms with Crippen LogP contribution >= 0.6 is 0 Å². The molecule has 63 heavy (non-hydrogen) atoms. The van der Waals surface area contributed by atoms with Crippen molar-refractivity contribution in [2.45, 2.75) is 44.6 Å². The largest absolute Gasteiger partial charge is 0.383 e. The van der Waals surface area contributed by atoms with Gasteiger partial charge < -0.3 is 10.6 Å². The lowest BCUT2D eigenvalue weighted by Gasteiger charge is -2.45. The summed E-state index contributed by atoms with van der Waals surface area (Å²) in [6, 6.07) is 65.1. The molecule has 0 bridgehead atoms. The van der Waals surface area contributed by atoms with Crippen LogP contribution in [0.2, 0.25) is 0 Å². The summed E-state index contributed by atoms with van der Waals surface area (Å²) < 4.78 is 0. The standard InChI is InChI=1S/C60H47N3/c1-38-17-6-8-24-45(38)57(39(2)35-42-22-14-21-41-20-7-9-25-46(41)42)62-59(61)44-33-34-50-49(37-44)56-43(36-40-18-4-3-5-19-40)23-15-29-52(56)60(50)51-28-11-13-32-55(51)63-54-31-12-10-26-47(54)48-27-16-30-53(60)58(48)63/h3-30,32-34,37,54H,31,35-36H2,1-2H3,(H2,61,62)/b57-39-. The number of nitrogens with zero attached hydrogens (tertiary/aromatic N) is 2. The van der Waals surface area contributed by atoms with Gasteiger partial charge in [-0.15, -0.1) is 0 Å². The summed E-state index contributed by atoms with van der Waals surface area (Å²) in [6.07, 6.45) is 9.46. The van der Waals surface area contributed by atoms with Gasteiger partial charge in [0.25, 0.3) is 0 Å². The van der Waals surface area contributed by atoms with E-state index in [1.807, 2.05) is 0 Å². The van der Waals surface area contributed by atoms with Crippen LogP contribution in [0.15, 0.2) is 205 Å². The molecule has 0 saturated heterocycles. The Hall–Kier alpha value is -7.49. The van der Waals surface area contributed by atoms with Crippen LogP contribution in [0.5, 0.6) is 0 Å². The van der Waals surface area contributed by atoms with Crippen LogP contribution < -0.4 is 10.6 Å². The minimum absolute atomic E-state index is 0.271. The van der Waals surface area contributed by atoms with Crippen LogP contribution in [0, 0.1) is 6.92 Å². The van der Waals surface area contributed by atoms with Crippen molar-refractivity contribution in [1.29, 1.82) is 0 Å². The third-order valence-corrected chi connectivity index (χ3v) is 14.2. The van der Waals surface area contributed by atoms with Crippen molar-refractivity contribution in [2.24, 2.45) is 10.7 Å². The minimum Gasteiger partial charge on any atom is -0.383 e. The molecule has 8 aromatic carbocycles. The van der Waals surface area contributed by atoms with Crippen molar-refractivity contribution in [2.75, 3.05) is 4.90 Å². The highest BCUT2D eigenvalue weighted by Crippen LogP contribution is 2.66. The normalized spacial score (nSPS) is 18.1. The highest BCUT2D eigenvalue weighted by Gasteiger charge is 2.55. The quantitative estimate of drug-likeness (QED) is 0.129. The molecule has 0 amide bonds. The molecule has 3 heteroatoms. The number of aryl methyl sites for hydroxylation is 1. The summed E-state index contributed by atoms with van der Waals surface area (Å²) in [6.45, 7) is 4.38. The Morgan fingerprint density at radius 2 is 1.41 bits per heavy atom. The smallest absolute Gasteiger partial charge is 0.131 e. The predicted molar refractivity (Wildman–Crippen MR) is 263 cm³/mol. The summed E-state index contributed by atoms with van der Waals surface area (Å²) in [5.74, 6) is 0.510. The number of nitrogens with two attached hydrogens (primary N) is 1. The zero-order valence-electron chi connectivity index (χ0n) is 35.6. The molecule has 2 aliphatic heterocycles. The molecule has 0 radical (unpaired) electrons. The number of aliphatic imine (C=N–C) groups is 1. The Labute approximate surface area is 369 Å². The molecular weight excluding hydrogens is 763 g/mol. The van der Waals surface area contributed by atoms with Gasteiger partial charge in [0, 0.05) is 22.4 Å². The zero-order valence-corrected chi connectivity index (χ0v) is 35.6. The van der Waals surface area contributed by atoms with Crippen LogP contribution in [-0.4, -0.2) is 11.9 Å². The highest BCUT2D eigenvalue weighted by atomic mass is 15.2. The summed E-state index contributed by atoms with van der Waals surface area (Å²) in [4.78, 5) is 8.07. The highest BCUT2D eigenvalue weighted by molar-refractivity contribution is 6.06. The van der Waals surface area contributed by atoms with E-state index < -0.39 is 5.41 Å². The lowest BCUT2D eigenvalue weighted by atomic mass is 9.64. The number of anilines is 2. The molecule has 2 aliphatic carbocycles. The number of fused-ring (bicyclic) bond motifs is 13. The molecular formula is C60H47N3. The number of amidine groups is 1. The number of hydrogen-bond acceptors (Lipinski definition) is 2. The van der Waals surface area contributed by atoms with Crippen LogP contribution in [0.25, 0.3) is 33.2 Å². The maximum atomic E-state index is 7.31. The minimum atomic E-state index is -0.539. The fraction of sp³-hybridized carbons (Fsp3) is 0.117. The second kappa shape index (κ2) is 14.6. The van der Waals surface area contributed by atoms with Crippen LogP contribution in [0.4, 0.5) is 11.4 Å². The second-order valence-electron chi connectivity index (χ2n) is 17.7. The molecule has 2 unspecified atom stereocenters. The monoisotopic (exact) mass is 809 g/mol. The molecule has 2 heterocycles. The maximum Gasteiger partial charge on any atom is 0.131 e. The van der Waals surface area contributed by atoms with Crippen molar-refractivity contribution in [1.82, 2.24) is 0 Å². The molecule has 3 nitrogen and oxygen atoms in total. The van der Waals surface area contributed by atoms with Gasteiger partial charge in [0.15, 0.2) is 0 Å². The fourth-order valence-corrected chi connectivity index (χ4v) is 11.4. The predicted octanol–water partition coefficient (Wildman–Crippen LogP) is 13.7. The van der Waals surface area contributed by atoms with Gasteiger partial charge in [-0.1, -0.05) is 182 Å². The summed E-state index contributed by atoms with van der Waals surface area (Å²) in [7, 11) is 0. The van der Waals surface area contributed by atoms with E-state index in [-0.39, 0.29) is 6.04 Å². The Balaban J connectivity index is 1.08. The number of hydrogen-bond donors (Lipinski definition) is 1. The van der Waals surface area contributed by atoms with Gasteiger partial charge in [0.2, 0.25) is 0 Å². The Kier molecular flexibility index (Phi) is 8.62. The van der Waals surface area contributed by atoms with Crippen molar-refractivity contribution in [3.05, 3.63) is 261 Å². The molecule has 0 fully saturated rings. The molecule has 1 spiro atoms. The lowest BCUT2D eigenvalue weighted by molar-refractivity contribution is 0.720. The second-order valence-corrected chi connectivity index (χ2v) is 17.7. The van der Waals surface area contributed by atoms with Crippen LogP contribution in [-0.2, 0) is 18.3 Å². The van der Waals surface area contributed by atoms with Gasteiger partial charge >= 0.3 is 0 Å². The molecule has 4 aliphatic rings. The van der Waals surface area contributed by atoms with Gasteiger partial charge in [0.1, 0.15) is 5.84 Å². The zero-order chi connectivity index (χ0) is 42.2. The van der Waals surface area contributed by atoms with E-state index in [0.717, 1.165) is 36.1 Å². The Morgan fingerprint density at radius 3 is 2.32 bits per heavy atom. The van der Waals surface area contributed by atoms with E-state index in [4.69, 9.17) is 10.7 Å². The molecule has 0 saturated carbocycles. The topological polar surface area (TPSA) is 41.6 Å². The average Bonchev–Trinajstić information content (AvgIpc) is 3.82. The summed E-state index contributed by atoms with van der Waals surface area (Å²) in [5, 5.41) is 2.51. The van der Waals surface area contributed by atoms with Gasteiger partial charge in [0.05, 0.1) is 22.8 Å². The number of allylic oxidation sites excluding steroid dienone is 3. The van der Waals surface area contributed by atoms with Crippen LogP contribution in [0.1, 0.15) is 74.5 Å². The summed E-state index contributed by atoms with van der Waals surface area (Å²) in [5.41, 5.74) is 29.1. The molecule has 2 atom stereocenters. The molecule has 302 valence electrons. The van der Waals surface area contributed by atoms with E-state index in [9.17, 15) is 0 Å². The van der Waals surface area contributed by atoms with Gasteiger partial charge in [-0.05, 0) is 123 Å². The van der Waals surface area contributed by atoms with E-state index in [1.54, 1.807) is 0 Å². The average molecular weight is 810 g/mol. The first-order valence-electron chi connectivity index (χ1n) is 22.3. The molecule has 0 aromatic heterocycles. The molecule has 8 aromatic rings. The third-order valence-electron chi connectivity index (χ3n) is 14.2. The first-order valence-corrected chi connectivity index (χ1v) is 22.3. The summed E-state index contributed by atoms with van der Waals surface area (Å²) >= 11 is 0. The van der Waals surface area contributed by atoms with Crippen molar-refractivity contribution < 1.29 is 0 Å². The Bertz CT molecular complexity index is 3300. The van der Waals surface area contributed by atoms with Crippen molar-refractivity contribution >= 4 is 39.3 Å². The molecule has 12 rings (SSSR count). The van der Waals surface area contributed by atoms with Crippen molar-refractivity contribution in [3.63, 3.8) is 0 Å². The first kappa shape index (κ1) is 37.3. The number of benzene rings is 8. The van der Waals surface area contributed by atoms with Gasteiger partial charge in [-0.2, -0.15) is 0 Å². The maximum absolute atomic E-state index is 7.31. The van der Waals surface area contributed by atoms with E-state index in [0.29, 0.717) is 5.84 Å². The Morgan fingerprint density at radius 1 is 0.683 bits per heavy atom. The van der Waals surface area contributed by atoms with Crippen LogP contribution in [0.3, 0.4) is 0 Å². The number of para-hydroxylation sites is 2. The SMILES string of the molecule is C/C(Cc1cccc2ccccc12)=C(/N=C(N)c1ccc2c(c1)-c1c(Cc3ccccc3)cccc1C21c2ccccc2N2c3c(cccc31)C1=CC=CCC12)c1ccccc1C. The van der Waals surface area contributed by atoms with Gasteiger partial charge in [-0.3, -0.25) is 0 Å². The van der Waals surface area contributed by atoms with E-state index in [1.165, 1.54) is 94.5 Å². The fourth-order valence-electron chi connectivity index (χ4n) is 11.4. The first-order chi connectivity index (χ1) is 31.0.